The van der Waals surface area contributed by atoms with E-state index in [0.717, 1.165) is 40.8 Å². The number of fused-ring (bicyclic) bond motifs is 1. The first-order valence-electron chi connectivity index (χ1n) is 6.33. The topological polar surface area (TPSA) is 48.9 Å². The van der Waals surface area contributed by atoms with Gasteiger partial charge in [-0.15, -0.1) is 0 Å². The van der Waals surface area contributed by atoms with Crippen molar-refractivity contribution in [2.75, 3.05) is 0 Å². The van der Waals surface area contributed by atoms with Crippen molar-refractivity contribution in [2.45, 2.75) is 47.1 Å². The number of hydrogen-bond donors (Lipinski definition) is 2. The van der Waals surface area contributed by atoms with Crippen LogP contribution in [0, 0.1) is 6.92 Å². The van der Waals surface area contributed by atoms with Gasteiger partial charge in [0.15, 0.2) is 0 Å². The van der Waals surface area contributed by atoms with E-state index in [1.165, 1.54) is 0 Å². The summed E-state index contributed by atoms with van der Waals surface area (Å²) in [5, 5.41) is 9.10. The van der Waals surface area contributed by atoms with Gasteiger partial charge in [0.05, 0.1) is 17.6 Å². The lowest BCUT2D eigenvalue weighted by Crippen LogP contribution is -1.85. The van der Waals surface area contributed by atoms with Crippen LogP contribution in [0.4, 0.5) is 0 Å². The second-order valence-electron chi connectivity index (χ2n) is 3.90. The fraction of sp³-hybridized carbons (Fsp3) is 0.500. The van der Waals surface area contributed by atoms with Crippen LogP contribution < -0.4 is 0 Å². The van der Waals surface area contributed by atoms with Gasteiger partial charge in [-0.05, 0) is 30.5 Å². The van der Waals surface area contributed by atoms with E-state index >= 15 is 0 Å². The number of nitrogens with zero attached hydrogens (tertiary/aromatic N) is 1. The van der Waals surface area contributed by atoms with Crippen LogP contribution in [0.3, 0.4) is 0 Å². The largest absolute Gasteiger partial charge is 0.392 e. The van der Waals surface area contributed by atoms with Gasteiger partial charge in [-0.25, -0.2) is 4.98 Å². The zero-order valence-electron chi connectivity index (χ0n) is 11.2. The molecule has 0 aliphatic heterocycles. The van der Waals surface area contributed by atoms with Crippen LogP contribution in [0.2, 0.25) is 0 Å². The molecule has 2 N–H and O–H groups in total. The minimum Gasteiger partial charge on any atom is -0.392 e. The normalized spacial score (nSPS) is 10.2. The minimum atomic E-state index is 0.0823. The van der Waals surface area contributed by atoms with Gasteiger partial charge in [0.1, 0.15) is 5.82 Å². The molecule has 0 spiro atoms. The molecular formula is C14H22N2O. The summed E-state index contributed by atoms with van der Waals surface area (Å²) < 4.78 is 0. The average Bonchev–Trinajstić information content (AvgIpc) is 2.75. The van der Waals surface area contributed by atoms with Crippen molar-refractivity contribution in [1.29, 1.82) is 0 Å². The predicted molar refractivity (Wildman–Crippen MR) is 72.1 cm³/mol. The summed E-state index contributed by atoms with van der Waals surface area (Å²) in [6.45, 7) is 8.25. The van der Waals surface area contributed by atoms with Gasteiger partial charge in [-0.1, -0.05) is 26.8 Å². The van der Waals surface area contributed by atoms with E-state index < -0.39 is 0 Å². The Hall–Kier alpha value is -1.35. The molecule has 1 aromatic carbocycles. The molecule has 3 heteroatoms. The molecule has 0 amide bonds. The van der Waals surface area contributed by atoms with E-state index in [0.29, 0.717) is 0 Å². The van der Waals surface area contributed by atoms with E-state index in [4.69, 9.17) is 5.11 Å². The number of aryl methyl sites for hydroxylation is 2. The quantitative estimate of drug-likeness (QED) is 0.855. The van der Waals surface area contributed by atoms with Gasteiger partial charge in [0, 0.05) is 6.42 Å². The average molecular weight is 234 g/mol. The summed E-state index contributed by atoms with van der Waals surface area (Å²) in [6.07, 6.45) is 2.06. The minimum absolute atomic E-state index is 0.0823. The van der Waals surface area contributed by atoms with E-state index in [9.17, 15) is 0 Å². The molecule has 1 aromatic heterocycles. The maximum atomic E-state index is 9.10. The Kier molecular flexibility index (Phi) is 5.16. The van der Waals surface area contributed by atoms with Crippen molar-refractivity contribution in [3.05, 3.63) is 29.1 Å². The molecule has 3 nitrogen and oxygen atoms in total. The van der Waals surface area contributed by atoms with Crippen LogP contribution >= 0.6 is 0 Å². The lowest BCUT2D eigenvalue weighted by Gasteiger charge is -1.98. The number of hydrogen-bond acceptors (Lipinski definition) is 2. The number of rotatable bonds is 3. The fourth-order valence-electron chi connectivity index (χ4n) is 1.86. The molecule has 0 atom stereocenters. The van der Waals surface area contributed by atoms with Gasteiger partial charge in [0.25, 0.3) is 0 Å². The van der Waals surface area contributed by atoms with Gasteiger partial charge in [0.2, 0.25) is 0 Å². The van der Waals surface area contributed by atoms with Crippen LogP contribution in [0.5, 0.6) is 0 Å². The standard InChI is InChI=1S/C12H16N2O.C2H6/c1-3-4-11-13-10-6-9(7-15)5-8(2)12(10)14-11;1-2/h5-6,15H,3-4,7H2,1-2H3,(H,13,14);1-2H3. The molecule has 0 aliphatic rings. The molecule has 0 unspecified atom stereocenters. The second kappa shape index (κ2) is 6.40. The van der Waals surface area contributed by atoms with Gasteiger partial charge in [-0.2, -0.15) is 0 Å². The Morgan fingerprint density at radius 1 is 1.29 bits per heavy atom. The van der Waals surface area contributed by atoms with Crippen LogP contribution in [-0.4, -0.2) is 15.1 Å². The first kappa shape index (κ1) is 13.7. The molecule has 17 heavy (non-hydrogen) atoms. The van der Waals surface area contributed by atoms with Gasteiger partial charge >= 0.3 is 0 Å². The third-order valence-electron chi connectivity index (χ3n) is 2.56. The van der Waals surface area contributed by atoms with Crippen molar-refractivity contribution < 1.29 is 5.11 Å². The number of imidazole rings is 1. The first-order chi connectivity index (χ1) is 8.24. The van der Waals surface area contributed by atoms with E-state index in [2.05, 4.69) is 16.9 Å². The van der Waals surface area contributed by atoms with Crippen LogP contribution in [0.25, 0.3) is 11.0 Å². The Morgan fingerprint density at radius 3 is 2.59 bits per heavy atom. The maximum absolute atomic E-state index is 9.10. The molecule has 0 radical (unpaired) electrons. The number of aromatic amines is 1. The monoisotopic (exact) mass is 234 g/mol. The summed E-state index contributed by atoms with van der Waals surface area (Å²) in [4.78, 5) is 7.83. The molecule has 0 bridgehead atoms. The Balaban J connectivity index is 0.000000686. The molecule has 1 heterocycles. The first-order valence-corrected chi connectivity index (χ1v) is 6.33. The molecule has 2 rings (SSSR count). The molecule has 2 aromatic rings. The number of nitrogens with one attached hydrogen (secondary N) is 1. The highest BCUT2D eigenvalue weighted by atomic mass is 16.3. The molecule has 0 saturated carbocycles. The molecular weight excluding hydrogens is 212 g/mol. The van der Waals surface area contributed by atoms with Crippen molar-refractivity contribution in [2.24, 2.45) is 0 Å². The summed E-state index contributed by atoms with van der Waals surface area (Å²) in [7, 11) is 0. The SMILES string of the molecule is CC.CCCc1nc2c(C)cc(CO)cc2[nH]1. The Morgan fingerprint density at radius 2 is 2.00 bits per heavy atom. The van der Waals surface area contributed by atoms with Crippen LogP contribution in [0.1, 0.15) is 44.1 Å². The Bertz CT molecular complexity index is 474. The number of H-pyrrole nitrogens is 1. The summed E-state index contributed by atoms with van der Waals surface area (Å²) in [5.41, 5.74) is 4.11. The number of benzene rings is 1. The van der Waals surface area contributed by atoms with Crippen LogP contribution in [0.15, 0.2) is 12.1 Å². The molecule has 0 saturated heterocycles. The van der Waals surface area contributed by atoms with E-state index in [1.54, 1.807) is 0 Å². The molecule has 94 valence electrons. The predicted octanol–water partition coefficient (Wildman–Crippen LogP) is 3.34. The summed E-state index contributed by atoms with van der Waals surface area (Å²) in [5.74, 6) is 1.03. The van der Waals surface area contributed by atoms with E-state index in [-0.39, 0.29) is 6.61 Å². The van der Waals surface area contributed by atoms with Crippen molar-refractivity contribution in [3.63, 3.8) is 0 Å². The highest BCUT2D eigenvalue weighted by molar-refractivity contribution is 5.79. The number of aliphatic hydroxyl groups excluding tert-OH is 1. The summed E-state index contributed by atoms with van der Waals surface area (Å²) >= 11 is 0. The van der Waals surface area contributed by atoms with Crippen molar-refractivity contribution in [1.82, 2.24) is 9.97 Å². The molecule has 0 aliphatic carbocycles. The van der Waals surface area contributed by atoms with Crippen molar-refractivity contribution >= 4 is 11.0 Å². The van der Waals surface area contributed by atoms with Gasteiger partial charge < -0.3 is 10.1 Å². The third kappa shape index (κ3) is 3.07. The zero-order chi connectivity index (χ0) is 12.8. The number of aliphatic hydroxyl groups is 1. The van der Waals surface area contributed by atoms with Crippen LogP contribution in [-0.2, 0) is 13.0 Å². The smallest absolute Gasteiger partial charge is 0.107 e. The Labute approximate surface area is 103 Å². The fourth-order valence-corrected chi connectivity index (χ4v) is 1.86. The van der Waals surface area contributed by atoms with Gasteiger partial charge in [-0.3, -0.25) is 0 Å². The third-order valence-corrected chi connectivity index (χ3v) is 2.56. The highest BCUT2D eigenvalue weighted by Gasteiger charge is 2.06. The summed E-state index contributed by atoms with van der Waals surface area (Å²) in [6, 6.07) is 3.95. The second-order valence-corrected chi connectivity index (χ2v) is 3.90. The lowest BCUT2D eigenvalue weighted by atomic mass is 10.1. The maximum Gasteiger partial charge on any atom is 0.107 e. The van der Waals surface area contributed by atoms with Crippen molar-refractivity contribution in [3.8, 4) is 0 Å². The number of aromatic nitrogens is 2. The highest BCUT2D eigenvalue weighted by Crippen LogP contribution is 2.19. The van der Waals surface area contributed by atoms with E-state index in [1.807, 2.05) is 32.9 Å². The zero-order valence-corrected chi connectivity index (χ0v) is 11.2. The molecule has 0 fully saturated rings. The lowest BCUT2D eigenvalue weighted by molar-refractivity contribution is 0.282.